The summed E-state index contributed by atoms with van der Waals surface area (Å²) in [5.74, 6) is 0.883. The van der Waals surface area contributed by atoms with Crippen LogP contribution in [0, 0.1) is 5.92 Å². The number of hydrogen-bond acceptors (Lipinski definition) is 4. The molecule has 0 aliphatic heterocycles. The van der Waals surface area contributed by atoms with E-state index in [4.69, 9.17) is 10.5 Å². The maximum Gasteiger partial charge on any atom is 0.234 e. The lowest BCUT2D eigenvalue weighted by Crippen LogP contribution is -2.56. The van der Waals surface area contributed by atoms with Gasteiger partial charge in [0.2, 0.25) is 5.91 Å². The van der Waals surface area contributed by atoms with E-state index in [-0.39, 0.29) is 11.4 Å². The topological polar surface area (TPSA) is 67.6 Å². The van der Waals surface area contributed by atoms with E-state index in [1.165, 1.54) is 19.3 Å². The van der Waals surface area contributed by atoms with Gasteiger partial charge in [0, 0.05) is 25.7 Å². The summed E-state index contributed by atoms with van der Waals surface area (Å²) in [5.41, 5.74) is 6.03. The lowest BCUT2D eigenvalue weighted by atomic mass is 9.74. The number of ether oxygens (including phenoxy) is 1. The molecule has 5 heteroatoms. The summed E-state index contributed by atoms with van der Waals surface area (Å²) in [5, 5.41) is 2.87. The van der Waals surface area contributed by atoms with Crippen LogP contribution in [0.15, 0.2) is 0 Å². The summed E-state index contributed by atoms with van der Waals surface area (Å²) >= 11 is 0. The summed E-state index contributed by atoms with van der Waals surface area (Å²) in [6, 6.07) is 0. The SMILES string of the molecule is CCC1CCC(CN)(N(C)CC(=O)NCCOC)CC1. The van der Waals surface area contributed by atoms with E-state index >= 15 is 0 Å². The number of carbonyl (C=O) groups excluding carboxylic acids is 1. The van der Waals surface area contributed by atoms with Gasteiger partial charge in [0.25, 0.3) is 0 Å². The second-order valence-corrected chi connectivity index (χ2v) is 5.98. The van der Waals surface area contributed by atoms with E-state index in [1.54, 1.807) is 7.11 Å². The number of hydrogen-bond donors (Lipinski definition) is 2. The Hall–Kier alpha value is -0.650. The van der Waals surface area contributed by atoms with E-state index in [1.807, 2.05) is 7.05 Å². The molecule has 0 unspecified atom stereocenters. The highest BCUT2D eigenvalue weighted by Crippen LogP contribution is 2.36. The number of nitrogens with zero attached hydrogens (tertiary/aromatic N) is 1. The van der Waals surface area contributed by atoms with Gasteiger partial charge in [-0.1, -0.05) is 13.3 Å². The van der Waals surface area contributed by atoms with Gasteiger partial charge < -0.3 is 15.8 Å². The molecule has 0 saturated heterocycles. The van der Waals surface area contributed by atoms with E-state index in [0.29, 0.717) is 26.2 Å². The monoisotopic (exact) mass is 285 g/mol. The fraction of sp³-hybridized carbons (Fsp3) is 0.933. The van der Waals surface area contributed by atoms with Gasteiger partial charge in [-0.2, -0.15) is 0 Å². The quantitative estimate of drug-likeness (QED) is 0.652. The van der Waals surface area contributed by atoms with Gasteiger partial charge >= 0.3 is 0 Å². The Balaban J connectivity index is 2.46. The van der Waals surface area contributed by atoms with Crippen LogP contribution in [0.4, 0.5) is 0 Å². The molecule has 0 spiro atoms. The summed E-state index contributed by atoms with van der Waals surface area (Å²) in [4.78, 5) is 14.1. The highest BCUT2D eigenvalue weighted by atomic mass is 16.5. The van der Waals surface area contributed by atoms with Crippen molar-refractivity contribution in [1.82, 2.24) is 10.2 Å². The maximum absolute atomic E-state index is 11.9. The maximum atomic E-state index is 11.9. The third-order valence-electron chi connectivity index (χ3n) is 4.81. The molecule has 0 heterocycles. The predicted molar refractivity (Wildman–Crippen MR) is 81.6 cm³/mol. The van der Waals surface area contributed by atoms with Crippen LogP contribution in [0.3, 0.4) is 0 Å². The van der Waals surface area contributed by atoms with Gasteiger partial charge in [-0.3, -0.25) is 9.69 Å². The first-order chi connectivity index (χ1) is 9.57. The Morgan fingerprint density at radius 2 is 2.10 bits per heavy atom. The van der Waals surface area contributed by atoms with Crippen LogP contribution in [-0.2, 0) is 9.53 Å². The van der Waals surface area contributed by atoms with E-state index < -0.39 is 0 Å². The lowest BCUT2D eigenvalue weighted by molar-refractivity contribution is -0.124. The summed E-state index contributed by atoms with van der Waals surface area (Å²) in [6.07, 6.45) is 5.91. The minimum atomic E-state index is 0.00423. The number of amides is 1. The number of carbonyl (C=O) groups is 1. The minimum absolute atomic E-state index is 0.00423. The fourth-order valence-electron chi connectivity index (χ4n) is 3.10. The van der Waals surface area contributed by atoms with E-state index in [9.17, 15) is 4.79 Å². The summed E-state index contributed by atoms with van der Waals surface area (Å²) in [6.45, 7) is 4.42. The summed E-state index contributed by atoms with van der Waals surface area (Å²) < 4.78 is 4.93. The highest BCUT2D eigenvalue weighted by molar-refractivity contribution is 5.78. The van der Waals surface area contributed by atoms with Gasteiger partial charge in [-0.05, 0) is 38.6 Å². The van der Waals surface area contributed by atoms with Crippen LogP contribution >= 0.6 is 0 Å². The fourth-order valence-corrected chi connectivity index (χ4v) is 3.10. The highest BCUT2D eigenvalue weighted by Gasteiger charge is 2.37. The average Bonchev–Trinajstić information content (AvgIpc) is 2.47. The Morgan fingerprint density at radius 1 is 1.45 bits per heavy atom. The molecule has 1 aliphatic carbocycles. The molecule has 0 aromatic rings. The van der Waals surface area contributed by atoms with Gasteiger partial charge in [-0.15, -0.1) is 0 Å². The molecule has 5 nitrogen and oxygen atoms in total. The molecule has 118 valence electrons. The standard InChI is InChI=1S/C15H31N3O2/c1-4-13-5-7-15(12-16,8-6-13)18(2)11-14(19)17-9-10-20-3/h13H,4-12,16H2,1-3H3,(H,17,19). The van der Waals surface area contributed by atoms with Crippen molar-refractivity contribution in [2.24, 2.45) is 11.7 Å². The predicted octanol–water partition coefficient (Wildman–Crippen LogP) is 0.979. The second kappa shape index (κ2) is 8.60. The Bertz CT molecular complexity index is 289. The molecular formula is C15H31N3O2. The van der Waals surface area contributed by atoms with Crippen LogP contribution in [0.25, 0.3) is 0 Å². The zero-order valence-electron chi connectivity index (χ0n) is 13.3. The van der Waals surface area contributed by atoms with Crippen LogP contribution in [0.5, 0.6) is 0 Å². The molecule has 1 saturated carbocycles. The number of nitrogens with one attached hydrogen (secondary N) is 1. The van der Waals surface area contributed by atoms with Crippen LogP contribution in [-0.4, -0.2) is 56.7 Å². The number of rotatable bonds is 8. The van der Waals surface area contributed by atoms with Crippen LogP contribution in [0.2, 0.25) is 0 Å². The Labute approximate surface area is 123 Å². The zero-order chi connectivity index (χ0) is 15.0. The molecule has 1 amide bonds. The minimum Gasteiger partial charge on any atom is -0.383 e. The van der Waals surface area contributed by atoms with Crippen molar-refractivity contribution < 1.29 is 9.53 Å². The molecule has 0 bridgehead atoms. The van der Waals surface area contributed by atoms with Crippen molar-refractivity contribution in [2.45, 2.75) is 44.6 Å². The first-order valence-electron chi connectivity index (χ1n) is 7.75. The Kier molecular flexibility index (Phi) is 7.48. The zero-order valence-corrected chi connectivity index (χ0v) is 13.3. The normalized spacial score (nSPS) is 26.8. The van der Waals surface area contributed by atoms with Crippen molar-refractivity contribution in [1.29, 1.82) is 0 Å². The first-order valence-corrected chi connectivity index (χ1v) is 7.75. The number of likely N-dealkylation sites (N-methyl/N-ethyl adjacent to an activating group) is 1. The third-order valence-corrected chi connectivity index (χ3v) is 4.81. The van der Waals surface area contributed by atoms with Crippen molar-refractivity contribution in [3.8, 4) is 0 Å². The van der Waals surface area contributed by atoms with Crippen molar-refractivity contribution in [2.75, 3.05) is 40.4 Å². The van der Waals surface area contributed by atoms with Gasteiger partial charge in [-0.25, -0.2) is 0 Å². The molecule has 0 radical (unpaired) electrons. The molecule has 1 rings (SSSR count). The first kappa shape index (κ1) is 17.4. The molecule has 1 aliphatic rings. The smallest absolute Gasteiger partial charge is 0.234 e. The molecular weight excluding hydrogens is 254 g/mol. The van der Waals surface area contributed by atoms with Crippen molar-refractivity contribution in [3.05, 3.63) is 0 Å². The molecule has 1 fully saturated rings. The van der Waals surface area contributed by atoms with E-state index in [0.717, 1.165) is 18.8 Å². The number of nitrogens with two attached hydrogens (primary N) is 1. The third kappa shape index (κ3) is 4.72. The molecule has 0 aromatic carbocycles. The van der Waals surface area contributed by atoms with Crippen LogP contribution in [0.1, 0.15) is 39.0 Å². The van der Waals surface area contributed by atoms with Crippen LogP contribution < -0.4 is 11.1 Å². The average molecular weight is 285 g/mol. The van der Waals surface area contributed by atoms with Gasteiger partial charge in [0.15, 0.2) is 0 Å². The number of methoxy groups -OCH3 is 1. The molecule has 3 N–H and O–H groups in total. The second-order valence-electron chi connectivity index (χ2n) is 5.98. The van der Waals surface area contributed by atoms with Crippen molar-refractivity contribution in [3.63, 3.8) is 0 Å². The molecule has 0 atom stereocenters. The molecule has 20 heavy (non-hydrogen) atoms. The lowest BCUT2D eigenvalue weighted by Gasteiger charge is -2.45. The van der Waals surface area contributed by atoms with Gasteiger partial charge in [0.1, 0.15) is 0 Å². The van der Waals surface area contributed by atoms with Crippen molar-refractivity contribution >= 4 is 5.91 Å². The Morgan fingerprint density at radius 3 is 2.60 bits per heavy atom. The largest absolute Gasteiger partial charge is 0.383 e. The summed E-state index contributed by atoms with van der Waals surface area (Å²) in [7, 11) is 3.66. The molecule has 0 aromatic heterocycles. The van der Waals surface area contributed by atoms with E-state index in [2.05, 4.69) is 17.1 Å². The van der Waals surface area contributed by atoms with Gasteiger partial charge in [0.05, 0.1) is 13.2 Å².